The van der Waals surface area contributed by atoms with Crippen LogP contribution in [-0.2, 0) is 9.57 Å². The van der Waals surface area contributed by atoms with Gasteiger partial charge in [-0.2, -0.15) is 5.06 Å². The van der Waals surface area contributed by atoms with Crippen molar-refractivity contribution < 1.29 is 9.57 Å². The molecule has 0 spiro atoms. The molecule has 0 aromatic carbocycles. The fraction of sp³-hybridized carbons (Fsp3) is 0.778. The zero-order chi connectivity index (χ0) is 8.81. The molecule has 0 atom stereocenters. The van der Waals surface area contributed by atoms with E-state index in [4.69, 9.17) is 16.0 Å². The molecule has 0 aromatic heterocycles. The molecule has 0 bridgehead atoms. The van der Waals surface area contributed by atoms with Gasteiger partial charge in [0.2, 0.25) is 0 Å². The lowest BCUT2D eigenvalue weighted by atomic mass is 10.1. The molecule has 1 aliphatic heterocycles. The predicted octanol–water partition coefficient (Wildman–Crippen LogP) is 0.662. The Morgan fingerprint density at radius 1 is 1.50 bits per heavy atom. The third-order valence-corrected chi connectivity index (χ3v) is 2.06. The standard InChI is InChI=1S/C9H15NO2/c1-3-8-12-9-4-6-10(11-2)7-5-9/h1,9H,4-8H2,2H3. The minimum atomic E-state index is 0.326. The maximum atomic E-state index is 5.41. The molecule has 1 saturated heterocycles. The van der Waals surface area contributed by atoms with Gasteiger partial charge in [0.15, 0.2) is 0 Å². The highest BCUT2D eigenvalue weighted by Crippen LogP contribution is 2.12. The van der Waals surface area contributed by atoms with Crippen LogP contribution in [0.4, 0.5) is 0 Å². The van der Waals surface area contributed by atoms with Crippen LogP contribution in [-0.4, -0.2) is 38.0 Å². The van der Waals surface area contributed by atoms with E-state index in [0.717, 1.165) is 25.9 Å². The number of nitrogens with zero attached hydrogens (tertiary/aromatic N) is 1. The second-order valence-electron chi connectivity index (χ2n) is 2.83. The van der Waals surface area contributed by atoms with Gasteiger partial charge in [0, 0.05) is 13.1 Å². The van der Waals surface area contributed by atoms with E-state index in [-0.39, 0.29) is 0 Å². The van der Waals surface area contributed by atoms with E-state index in [2.05, 4.69) is 5.92 Å². The molecule has 0 radical (unpaired) electrons. The zero-order valence-electron chi connectivity index (χ0n) is 7.45. The minimum absolute atomic E-state index is 0.326. The van der Waals surface area contributed by atoms with Crippen LogP contribution in [0.15, 0.2) is 0 Å². The third-order valence-electron chi connectivity index (χ3n) is 2.06. The largest absolute Gasteiger partial charge is 0.365 e. The molecule has 3 heteroatoms. The van der Waals surface area contributed by atoms with Crippen molar-refractivity contribution >= 4 is 0 Å². The average Bonchev–Trinajstić information content (AvgIpc) is 2.15. The zero-order valence-corrected chi connectivity index (χ0v) is 7.45. The summed E-state index contributed by atoms with van der Waals surface area (Å²) in [5, 5.41) is 1.94. The van der Waals surface area contributed by atoms with Gasteiger partial charge in [0.25, 0.3) is 0 Å². The molecule has 12 heavy (non-hydrogen) atoms. The average molecular weight is 169 g/mol. The Morgan fingerprint density at radius 3 is 2.67 bits per heavy atom. The highest BCUT2D eigenvalue weighted by atomic mass is 16.7. The van der Waals surface area contributed by atoms with Gasteiger partial charge in [-0.1, -0.05) is 5.92 Å². The van der Waals surface area contributed by atoms with E-state index in [1.54, 1.807) is 7.11 Å². The van der Waals surface area contributed by atoms with Gasteiger partial charge >= 0.3 is 0 Å². The van der Waals surface area contributed by atoms with Crippen molar-refractivity contribution in [2.75, 3.05) is 26.8 Å². The molecule has 0 amide bonds. The monoisotopic (exact) mass is 169 g/mol. The summed E-state index contributed by atoms with van der Waals surface area (Å²) in [7, 11) is 1.70. The SMILES string of the molecule is C#CCOC1CCN(OC)CC1. The maximum absolute atomic E-state index is 5.41. The van der Waals surface area contributed by atoms with E-state index >= 15 is 0 Å². The van der Waals surface area contributed by atoms with E-state index in [1.165, 1.54) is 0 Å². The number of hydroxylamine groups is 2. The van der Waals surface area contributed by atoms with Gasteiger partial charge in [-0.25, -0.2) is 0 Å². The lowest BCUT2D eigenvalue weighted by molar-refractivity contribution is -0.158. The number of ether oxygens (including phenoxy) is 1. The molecule has 0 aromatic rings. The second-order valence-corrected chi connectivity index (χ2v) is 2.83. The molecule has 0 N–H and O–H groups in total. The molecule has 1 fully saturated rings. The third kappa shape index (κ3) is 2.82. The normalized spacial score (nSPS) is 20.7. The van der Waals surface area contributed by atoms with Crippen LogP contribution in [0.2, 0.25) is 0 Å². The van der Waals surface area contributed by atoms with Crippen LogP contribution in [0.3, 0.4) is 0 Å². The van der Waals surface area contributed by atoms with Crippen molar-refractivity contribution in [3.05, 3.63) is 0 Å². The number of hydrogen-bond acceptors (Lipinski definition) is 3. The van der Waals surface area contributed by atoms with Crippen LogP contribution < -0.4 is 0 Å². The summed E-state index contributed by atoms with van der Waals surface area (Å²) in [6.07, 6.45) is 7.43. The molecular formula is C9H15NO2. The summed E-state index contributed by atoms with van der Waals surface area (Å²) in [5.41, 5.74) is 0. The molecule has 68 valence electrons. The number of hydrogen-bond donors (Lipinski definition) is 0. The van der Waals surface area contributed by atoms with Crippen molar-refractivity contribution in [3.8, 4) is 12.3 Å². The molecule has 1 heterocycles. The van der Waals surface area contributed by atoms with E-state index in [9.17, 15) is 0 Å². The van der Waals surface area contributed by atoms with Crippen molar-refractivity contribution in [3.63, 3.8) is 0 Å². The van der Waals surface area contributed by atoms with Gasteiger partial charge in [0.1, 0.15) is 6.61 Å². The molecule has 0 saturated carbocycles. The molecule has 1 rings (SSSR count). The van der Waals surface area contributed by atoms with Crippen LogP contribution in [0.1, 0.15) is 12.8 Å². The van der Waals surface area contributed by atoms with Crippen molar-refractivity contribution in [2.45, 2.75) is 18.9 Å². The topological polar surface area (TPSA) is 21.7 Å². The fourth-order valence-corrected chi connectivity index (χ4v) is 1.35. The first-order valence-corrected chi connectivity index (χ1v) is 4.21. The Hall–Kier alpha value is -0.560. The molecular weight excluding hydrogens is 154 g/mol. The summed E-state index contributed by atoms with van der Waals surface area (Å²) in [6, 6.07) is 0. The Kier molecular flexibility index (Phi) is 4.09. The van der Waals surface area contributed by atoms with E-state index in [0.29, 0.717) is 12.7 Å². The predicted molar refractivity (Wildman–Crippen MR) is 46.4 cm³/mol. The molecule has 0 unspecified atom stereocenters. The first-order valence-electron chi connectivity index (χ1n) is 4.21. The van der Waals surface area contributed by atoms with Gasteiger partial charge in [-0.05, 0) is 12.8 Å². The highest BCUT2D eigenvalue weighted by Gasteiger charge is 2.18. The molecule has 3 nitrogen and oxygen atoms in total. The minimum Gasteiger partial charge on any atom is -0.365 e. The lowest BCUT2D eigenvalue weighted by Crippen LogP contribution is -2.36. The highest BCUT2D eigenvalue weighted by molar-refractivity contribution is 4.84. The smallest absolute Gasteiger partial charge is 0.107 e. The van der Waals surface area contributed by atoms with Crippen LogP contribution >= 0.6 is 0 Å². The van der Waals surface area contributed by atoms with Crippen LogP contribution in [0, 0.1) is 12.3 Å². The first kappa shape index (κ1) is 9.53. The van der Waals surface area contributed by atoms with Crippen LogP contribution in [0.25, 0.3) is 0 Å². The number of piperidine rings is 1. The molecule has 1 aliphatic rings. The van der Waals surface area contributed by atoms with Crippen molar-refractivity contribution in [1.29, 1.82) is 0 Å². The Balaban J connectivity index is 2.14. The van der Waals surface area contributed by atoms with E-state index < -0.39 is 0 Å². The van der Waals surface area contributed by atoms with Crippen LogP contribution in [0.5, 0.6) is 0 Å². The number of rotatable bonds is 3. The second kappa shape index (κ2) is 5.15. The summed E-state index contributed by atoms with van der Waals surface area (Å²) < 4.78 is 5.41. The summed E-state index contributed by atoms with van der Waals surface area (Å²) in [6.45, 7) is 2.30. The lowest BCUT2D eigenvalue weighted by Gasteiger charge is -2.29. The van der Waals surface area contributed by atoms with Crippen molar-refractivity contribution in [2.24, 2.45) is 0 Å². The Morgan fingerprint density at radius 2 is 2.17 bits per heavy atom. The van der Waals surface area contributed by atoms with Crippen molar-refractivity contribution in [1.82, 2.24) is 5.06 Å². The Labute approximate surface area is 73.6 Å². The summed E-state index contributed by atoms with van der Waals surface area (Å²) in [5.74, 6) is 2.47. The quantitative estimate of drug-likeness (QED) is 0.579. The fourth-order valence-electron chi connectivity index (χ4n) is 1.35. The molecule has 0 aliphatic carbocycles. The summed E-state index contributed by atoms with van der Waals surface area (Å²) >= 11 is 0. The number of terminal acetylenes is 1. The van der Waals surface area contributed by atoms with Gasteiger partial charge in [0.05, 0.1) is 13.2 Å². The van der Waals surface area contributed by atoms with Gasteiger partial charge in [-0.15, -0.1) is 6.42 Å². The van der Waals surface area contributed by atoms with E-state index in [1.807, 2.05) is 5.06 Å². The summed E-state index contributed by atoms with van der Waals surface area (Å²) in [4.78, 5) is 5.08. The Bertz CT molecular complexity index is 156. The van der Waals surface area contributed by atoms with Gasteiger partial charge in [-0.3, -0.25) is 0 Å². The first-order chi connectivity index (χ1) is 5.86. The maximum Gasteiger partial charge on any atom is 0.107 e. The van der Waals surface area contributed by atoms with Gasteiger partial charge < -0.3 is 9.57 Å².